The van der Waals surface area contributed by atoms with Gasteiger partial charge in [0.2, 0.25) is 11.8 Å². The summed E-state index contributed by atoms with van der Waals surface area (Å²) in [6.07, 6.45) is 4.00. The summed E-state index contributed by atoms with van der Waals surface area (Å²) in [5, 5.41) is 7.58. The molecule has 0 unspecified atom stereocenters. The van der Waals surface area contributed by atoms with Crippen molar-refractivity contribution in [3.63, 3.8) is 0 Å². The fraction of sp³-hybridized carbons (Fsp3) is 0.233. The summed E-state index contributed by atoms with van der Waals surface area (Å²) in [7, 11) is 0. The number of imidazole rings is 1. The lowest BCUT2D eigenvalue weighted by Crippen LogP contribution is -2.17. The zero-order chi connectivity index (χ0) is 39.5. The standard InChI is InChI=1S/C43H40ClN7O5S/c1-25-24-46-42-36(49-40(28-6-9-31(44)10-7-28)39-26(2)27(3)57-43(39)51(25)42)23-38(53)47-32-11-13-33(14-12-32)55-19-17-54-18-20-56-50-41-34(5-4-16-45-41)29-8-15-35-30(21-29)22-37(52)48-35/h4-16,21,24,36H,17-20,22-23H2,1-3H3,(H,45,50)(H,47,53)(H,48,52)/t36-/m0/s1. The monoisotopic (exact) mass is 801 g/mol. The molecule has 0 radical (unpaired) electrons. The molecular formula is C43H40ClN7O5S. The van der Waals surface area contributed by atoms with Crippen molar-refractivity contribution in [3.05, 3.63) is 135 Å². The number of anilines is 3. The van der Waals surface area contributed by atoms with Gasteiger partial charge in [-0.25, -0.2) is 15.4 Å². The van der Waals surface area contributed by atoms with Gasteiger partial charge in [-0.3, -0.25) is 24.0 Å². The summed E-state index contributed by atoms with van der Waals surface area (Å²) in [4.78, 5) is 46.5. The minimum atomic E-state index is -0.512. The summed E-state index contributed by atoms with van der Waals surface area (Å²) in [5.41, 5.74) is 12.1. The maximum Gasteiger partial charge on any atom is 0.228 e. The normalized spacial score (nSPS) is 14.2. The largest absolute Gasteiger partial charge is 0.491 e. The Morgan fingerprint density at radius 2 is 1.75 bits per heavy atom. The van der Waals surface area contributed by atoms with E-state index in [9.17, 15) is 9.59 Å². The first-order valence-corrected chi connectivity index (χ1v) is 19.8. The van der Waals surface area contributed by atoms with E-state index in [2.05, 4.69) is 39.5 Å². The highest BCUT2D eigenvalue weighted by Crippen LogP contribution is 2.40. The van der Waals surface area contributed by atoms with Crippen LogP contribution in [-0.2, 0) is 25.6 Å². The van der Waals surface area contributed by atoms with Gasteiger partial charge in [0.25, 0.3) is 0 Å². The smallest absolute Gasteiger partial charge is 0.228 e. The number of pyridine rings is 1. The highest BCUT2D eigenvalue weighted by molar-refractivity contribution is 7.15. The minimum Gasteiger partial charge on any atom is -0.491 e. The van der Waals surface area contributed by atoms with Gasteiger partial charge in [-0.05, 0) is 98.1 Å². The van der Waals surface area contributed by atoms with E-state index in [1.807, 2.05) is 92.0 Å². The molecular weight excluding hydrogens is 762 g/mol. The number of hydrogen-bond donors (Lipinski definition) is 3. The first-order valence-electron chi connectivity index (χ1n) is 18.6. The van der Waals surface area contributed by atoms with Crippen LogP contribution < -0.4 is 20.9 Å². The Hall–Kier alpha value is -5.86. The Bertz CT molecular complexity index is 2480. The Morgan fingerprint density at radius 1 is 0.965 bits per heavy atom. The number of hydrogen-bond acceptors (Lipinski definition) is 10. The van der Waals surface area contributed by atoms with Gasteiger partial charge >= 0.3 is 0 Å². The number of rotatable bonds is 14. The number of carbonyl (C=O) groups excluding carboxylic acids is 2. The van der Waals surface area contributed by atoms with Gasteiger partial charge in [-0.2, -0.15) is 0 Å². The molecule has 2 aliphatic rings. The highest BCUT2D eigenvalue weighted by atomic mass is 35.5. The Balaban J connectivity index is 0.814. The molecule has 0 spiro atoms. The van der Waals surface area contributed by atoms with Crippen molar-refractivity contribution in [3.8, 4) is 21.9 Å². The van der Waals surface area contributed by atoms with Gasteiger partial charge in [0.15, 0.2) is 5.82 Å². The molecule has 0 saturated carbocycles. The Labute approximate surface area is 338 Å². The molecule has 12 nitrogen and oxygen atoms in total. The first kappa shape index (κ1) is 38.0. The topological polar surface area (TPSA) is 141 Å². The predicted molar refractivity (Wildman–Crippen MR) is 223 cm³/mol. The lowest BCUT2D eigenvalue weighted by molar-refractivity contribution is -0.117. The number of benzene rings is 3. The molecule has 0 fully saturated rings. The van der Waals surface area contributed by atoms with Gasteiger partial charge in [0.1, 0.15) is 29.2 Å². The van der Waals surface area contributed by atoms with Crippen LogP contribution in [0, 0.1) is 20.8 Å². The lowest BCUT2D eigenvalue weighted by Gasteiger charge is -2.14. The van der Waals surface area contributed by atoms with Crippen LogP contribution in [0.3, 0.4) is 0 Å². The van der Waals surface area contributed by atoms with Gasteiger partial charge < -0.3 is 20.1 Å². The number of aromatic nitrogens is 3. The molecule has 290 valence electrons. The molecule has 0 saturated heterocycles. The Morgan fingerprint density at radius 3 is 2.58 bits per heavy atom. The number of thiophene rings is 1. The Kier molecular flexibility index (Phi) is 11.1. The van der Waals surface area contributed by atoms with Crippen LogP contribution in [0.25, 0.3) is 16.1 Å². The lowest BCUT2D eigenvalue weighted by atomic mass is 9.99. The zero-order valence-electron chi connectivity index (χ0n) is 31.6. The molecule has 5 heterocycles. The minimum absolute atomic E-state index is 0.00490. The molecule has 0 aliphatic carbocycles. The van der Waals surface area contributed by atoms with Crippen molar-refractivity contribution in [1.82, 2.24) is 14.5 Å². The SMILES string of the molecule is Cc1sc2c(c1C)C(c1ccc(Cl)cc1)=N[C@@H](CC(=O)Nc1ccc(OCCOCCONc3ncccc3-c3ccc4c(c3)CC(=O)N4)cc1)c1ncc(C)n1-2. The molecule has 2 amide bonds. The second-order valence-electron chi connectivity index (χ2n) is 13.7. The number of ether oxygens (including phenoxy) is 2. The number of aliphatic imine (C=N–C) groups is 1. The molecule has 2 aliphatic heterocycles. The van der Waals surface area contributed by atoms with E-state index < -0.39 is 6.04 Å². The third-order valence-electron chi connectivity index (χ3n) is 9.83. The predicted octanol–water partition coefficient (Wildman–Crippen LogP) is 8.43. The summed E-state index contributed by atoms with van der Waals surface area (Å²) >= 11 is 7.95. The van der Waals surface area contributed by atoms with Crippen LogP contribution in [0.1, 0.15) is 51.1 Å². The highest BCUT2D eigenvalue weighted by Gasteiger charge is 2.31. The van der Waals surface area contributed by atoms with Crippen LogP contribution in [-0.4, -0.2) is 58.5 Å². The molecule has 1 atom stereocenters. The second-order valence-corrected chi connectivity index (χ2v) is 15.4. The first-order chi connectivity index (χ1) is 27.7. The maximum absolute atomic E-state index is 13.5. The molecule has 3 aromatic carbocycles. The van der Waals surface area contributed by atoms with Crippen molar-refractivity contribution in [2.24, 2.45) is 4.99 Å². The quantitative estimate of drug-likeness (QED) is 0.0737. The van der Waals surface area contributed by atoms with Crippen molar-refractivity contribution in [2.75, 3.05) is 42.5 Å². The fourth-order valence-electron chi connectivity index (χ4n) is 6.92. The number of halogens is 1. The third-order valence-corrected chi connectivity index (χ3v) is 11.3. The average Bonchev–Trinajstić information content (AvgIpc) is 3.84. The molecule has 6 aromatic rings. The second kappa shape index (κ2) is 16.7. The summed E-state index contributed by atoms with van der Waals surface area (Å²) in [6.45, 7) is 7.59. The number of nitrogens with one attached hydrogen (secondary N) is 3. The van der Waals surface area contributed by atoms with Gasteiger partial charge in [-0.1, -0.05) is 29.8 Å². The van der Waals surface area contributed by atoms with Crippen LogP contribution in [0.4, 0.5) is 17.2 Å². The zero-order valence-corrected chi connectivity index (χ0v) is 33.2. The summed E-state index contributed by atoms with van der Waals surface area (Å²) in [6, 6.07) is 24.0. The van der Waals surface area contributed by atoms with E-state index in [-0.39, 0.29) is 24.8 Å². The van der Waals surface area contributed by atoms with Gasteiger partial charge in [0, 0.05) is 56.1 Å². The molecule has 0 bridgehead atoms. The number of carbonyl (C=O) groups is 2. The van der Waals surface area contributed by atoms with Crippen LogP contribution in [0.5, 0.6) is 5.75 Å². The van der Waals surface area contributed by atoms with E-state index in [1.54, 1.807) is 17.5 Å². The van der Waals surface area contributed by atoms with E-state index in [4.69, 9.17) is 35.9 Å². The van der Waals surface area contributed by atoms with Crippen molar-refractivity contribution < 1.29 is 23.9 Å². The summed E-state index contributed by atoms with van der Waals surface area (Å²) in [5.74, 6) is 1.77. The van der Waals surface area contributed by atoms with Crippen molar-refractivity contribution in [2.45, 2.75) is 39.7 Å². The number of fused-ring (bicyclic) bond motifs is 4. The molecule has 57 heavy (non-hydrogen) atoms. The van der Waals surface area contributed by atoms with Crippen LogP contribution >= 0.6 is 22.9 Å². The molecule has 3 aromatic heterocycles. The third kappa shape index (κ3) is 8.33. The maximum atomic E-state index is 13.5. The van der Waals surface area contributed by atoms with E-state index >= 15 is 0 Å². The molecule has 8 rings (SSSR count). The van der Waals surface area contributed by atoms with Crippen molar-refractivity contribution >= 4 is 57.7 Å². The van der Waals surface area contributed by atoms with Crippen LogP contribution in [0.2, 0.25) is 5.02 Å². The molecule has 14 heteroatoms. The number of amides is 2. The van der Waals surface area contributed by atoms with E-state index in [0.29, 0.717) is 48.5 Å². The number of aryl methyl sites for hydroxylation is 2. The fourth-order valence-corrected chi connectivity index (χ4v) is 8.27. The summed E-state index contributed by atoms with van der Waals surface area (Å²) < 4.78 is 13.7. The van der Waals surface area contributed by atoms with Gasteiger partial charge in [-0.15, -0.1) is 11.3 Å². The van der Waals surface area contributed by atoms with E-state index in [1.165, 1.54) is 4.88 Å². The van der Waals surface area contributed by atoms with Crippen molar-refractivity contribution in [1.29, 1.82) is 0 Å². The van der Waals surface area contributed by atoms with Gasteiger partial charge in [0.05, 0.1) is 38.4 Å². The molecule has 3 N–H and O–H groups in total. The average molecular weight is 802 g/mol. The van der Waals surface area contributed by atoms with E-state index in [0.717, 1.165) is 61.3 Å². The van der Waals surface area contributed by atoms with Crippen LogP contribution in [0.15, 0.2) is 96.2 Å². The number of nitrogens with zero attached hydrogens (tertiary/aromatic N) is 4.